The Balaban J connectivity index is 2.67. The van der Waals surface area contributed by atoms with E-state index in [1.54, 1.807) is 7.11 Å². The quantitative estimate of drug-likeness (QED) is 0.847. The normalized spacial score (nSPS) is 16.2. The second-order valence-corrected chi connectivity index (χ2v) is 6.08. The monoisotopic (exact) mass is 255 g/mol. The van der Waals surface area contributed by atoms with Gasteiger partial charge in [-0.05, 0) is 44.7 Å². The fourth-order valence-electron chi connectivity index (χ4n) is 1.65. The van der Waals surface area contributed by atoms with Gasteiger partial charge in [0, 0.05) is 16.2 Å². The summed E-state index contributed by atoms with van der Waals surface area (Å²) in [6.07, 6.45) is 0.898. The van der Waals surface area contributed by atoms with Gasteiger partial charge in [-0.25, -0.2) is 0 Å². The van der Waals surface area contributed by atoms with E-state index in [4.69, 9.17) is 4.74 Å². The van der Waals surface area contributed by atoms with E-state index < -0.39 is 10.8 Å². The van der Waals surface area contributed by atoms with E-state index in [1.807, 2.05) is 38.2 Å². The van der Waals surface area contributed by atoms with Crippen LogP contribution in [0.1, 0.15) is 20.3 Å². The van der Waals surface area contributed by atoms with Crippen molar-refractivity contribution in [3.63, 3.8) is 0 Å². The lowest BCUT2D eigenvalue weighted by Gasteiger charge is -2.16. The van der Waals surface area contributed by atoms with Crippen LogP contribution in [0.15, 0.2) is 29.2 Å². The Bertz CT molecular complexity index is 364. The lowest BCUT2D eigenvalue weighted by Crippen LogP contribution is -2.27. The topological polar surface area (TPSA) is 38.3 Å². The highest BCUT2D eigenvalue weighted by Crippen LogP contribution is 2.18. The lowest BCUT2D eigenvalue weighted by atomic mass is 10.2. The van der Waals surface area contributed by atoms with Crippen molar-refractivity contribution in [1.29, 1.82) is 0 Å². The predicted molar refractivity (Wildman–Crippen MR) is 72.0 cm³/mol. The first kappa shape index (κ1) is 14.2. The van der Waals surface area contributed by atoms with Crippen LogP contribution in [0.3, 0.4) is 0 Å². The molecule has 0 radical (unpaired) electrons. The second kappa shape index (κ2) is 6.77. The van der Waals surface area contributed by atoms with E-state index >= 15 is 0 Å². The zero-order valence-corrected chi connectivity index (χ0v) is 11.7. The van der Waals surface area contributed by atoms with Crippen LogP contribution in [0.2, 0.25) is 0 Å². The van der Waals surface area contributed by atoms with Crippen LogP contribution in [0.25, 0.3) is 0 Å². The Morgan fingerprint density at radius 3 is 2.35 bits per heavy atom. The van der Waals surface area contributed by atoms with E-state index in [-0.39, 0.29) is 5.25 Å². The summed E-state index contributed by atoms with van der Waals surface area (Å²) in [5.41, 5.74) is 0. The fourth-order valence-corrected chi connectivity index (χ4v) is 2.98. The van der Waals surface area contributed by atoms with Gasteiger partial charge in [0.1, 0.15) is 5.75 Å². The maximum Gasteiger partial charge on any atom is 0.118 e. The van der Waals surface area contributed by atoms with Crippen molar-refractivity contribution >= 4 is 10.8 Å². The molecule has 1 N–H and O–H groups in total. The molecule has 0 fully saturated rings. The maximum atomic E-state index is 12.2. The number of benzene rings is 1. The molecule has 0 bridgehead atoms. The third-order valence-corrected chi connectivity index (χ3v) is 4.50. The molecule has 0 heterocycles. The molecule has 3 atom stereocenters. The van der Waals surface area contributed by atoms with Crippen molar-refractivity contribution in [3.8, 4) is 5.75 Å². The Morgan fingerprint density at radius 1 is 1.29 bits per heavy atom. The molecular formula is C13H21NO2S. The van der Waals surface area contributed by atoms with E-state index in [9.17, 15) is 4.21 Å². The summed E-state index contributed by atoms with van der Waals surface area (Å²) in [5, 5.41) is 3.31. The van der Waals surface area contributed by atoms with Crippen LogP contribution in [0, 0.1) is 0 Å². The molecule has 1 aromatic rings. The molecule has 0 aliphatic heterocycles. The average Bonchev–Trinajstić information content (AvgIpc) is 2.37. The minimum atomic E-state index is -0.956. The standard InChI is InChI=1S/C13H21NO2S/c1-10(14-3)9-11(2)17(15)13-7-5-12(16-4)6-8-13/h5-8,10-11,14H,9H2,1-4H3. The van der Waals surface area contributed by atoms with Gasteiger partial charge in [0.15, 0.2) is 0 Å². The molecule has 0 saturated heterocycles. The van der Waals surface area contributed by atoms with Crippen LogP contribution in [-0.2, 0) is 10.8 Å². The summed E-state index contributed by atoms with van der Waals surface area (Å²) < 4.78 is 17.3. The fraction of sp³-hybridized carbons (Fsp3) is 0.538. The molecule has 4 heteroatoms. The van der Waals surface area contributed by atoms with E-state index in [2.05, 4.69) is 12.2 Å². The second-order valence-electron chi connectivity index (χ2n) is 4.21. The Morgan fingerprint density at radius 2 is 1.88 bits per heavy atom. The van der Waals surface area contributed by atoms with Crippen molar-refractivity contribution < 1.29 is 8.95 Å². The van der Waals surface area contributed by atoms with Crippen LogP contribution in [0.5, 0.6) is 5.75 Å². The maximum absolute atomic E-state index is 12.2. The van der Waals surface area contributed by atoms with Gasteiger partial charge in [0.05, 0.1) is 17.9 Å². The van der Waals surface area contributed by atoms with Gasteiger partial charge >= 0.3 is 0 Å². The first-order chi connectivity index (χ1) is 8.08. The SMILES string of the molecule is CNC(C)CC(C)S(=O)c1ccc(OC)cc1. The highest BCUT2D eigenvalue weighted by molar-refractivity contribution is 7.85. The molecule has 3 nitrogen and oxygen atoms in total. The smallest absolute Gasteiger partial charge is 0.118 e. The van der Waals surface area contributed by atoms with Gasteiger partial charge in [0.25, 0.3) is 0 Å². The number of methoxy groups -OCH3 is 1. The number of nitrogens with one attached hydrogen (secondary N) is 1. The number of rotatable bonds is 6. The Hall–Kier alpha value is -0.870. The van der Waals surface area contributed by atoms with Crippen molar-refractivity contribution in [1.82, 2.24) is 5.32 Å². The van der Waals surface area contributed by atoms with Crippen molar-refractivity contribution in [3.05, 3.63) is 24.3 Å². The minimum absolute atomic E-state index is 0.144. The molecule has 0 aliphatic carbocycles. The summed E-state index contributed by atoms with van der Waals surface area (Å²) in [6, 6.07) is 7.82. The lowest BCUT2D eigenvalue weighted by molar-refractivity contribution is 0.414. The Kier molecular flexibility index (Phi) is 5.65. The summed E-state index contributed by atoms with van der Waals surface area (Å²) >= 11 is 0. The van der Waals surface area contributed by atoms with E-state index in [1.165, 1.54) is 0 Å². The Labute approximate surface area is 106 Å². The zero-order chi connectivity index (χ0) is 12.8. The third kappa shape index (κ3) is 4.13. The molecule has 0 aliphatic rings. The molecular weight excluding hydrogens is 234 g/mol. The first-order valence-electron chi connectivity index (χ1n) is 5.80. The molecule has 96 valence electrons. The van der Waals surface area contributed by atoms with Gasteiger partial charge in [0.2, 0.25) is 0 Å². The molecule has 1 rings (SSSR count). The summed E-state index contributed by atoms with van der Waals surface area (Å²) in [6.45, 7) is 4.12. The van der Waals surface area contributed by atoms with Crippen LogP contribution in [0.4, 0.5) is 0 Å². The van der Waals surface area contributed by atoms with Gasteiger partial charge in [-0.15, -0.1) is 0 Å². The molecule has 17 heavy (non-hydrogen) atoms. The third-order valence-electron chi connectivity index (χ3n) is 2.84. The summed E-state index contributed by atoms with van der Waals surface area (Å²) in [5.74, 6) is 0.794. The van der Waals surface area contributed by atoms with E-state index in [0.717, 1.165) is 17.1 Å². The highest BCUT2D eigenvalue weighted by atomic mass is 32.2. The van der Waals surface area contributed by atoms with Crippen molar-refractivity contribution in [2.45, 2.75) is 36.5 Å². The molecule has 0 amide bonds. The van der Waals surface area contributed by atoms with Gasteiger partial charge in [-0.3, -0.25) is 4.21 Å². The minimum Gasteiger partial charge on any atom is -0.497 e. The molecule has 0 spiro atoms. The molecule has 1 aromatic carbocycles. The number of ether oxygens (including phenoxy) is 1. The van der Waals surface area contributed by atoms with E-state index in [0.29, 0.717) is 6.04 Å². The molecule has 0 aromatic heterocycles. The molecule has 0 saturated carbocycles. The highest BCUT2D eigenvalue weighted by Gasteiger charge is 2.15. The van der Waals surface area contributed by atoms with Crippen molar-refractivity contribution in [2.75, 3.05) is 14.2 Å². The first-order valence-corrected chi connectivity index (χ1v) is 7.01. The predicted octanol–water partition coefficient (Wildman–Crippen LogP) is 2.19. The number of hydrogen-bond acceptors (Lipinski definition) is 3. The summed E-state index contributed by atoms with van der Waals surface area (Å²) in [4.78, 5) is 0.863. The van der Waals surface area contributed by atoms with Gasteiger partial charge in [-0.2, -0.15) is 0 Å². The average molecular weight is 255 g/mol. The zero-order valence-electron chi connectivity index (χ0n) is 10.9. The largest absolute Gasteiger partial charge is 0.497 e. The van der Waals surface area contributed by atoms with Crippen molar-refractivity contribution in [2.24, 2.45) is 0 Å². The molecule has 3 unspecified atom stereocenters. The van der Waals surface area contributed by atoms with Crippen LogP contribution >= 0.6 is 0 Å². The number of hydrogen-bond donors (Lipinski definition) is 1. The van der Waals surface area contributed by atoms with Gasteiger partial charge < -0.3 is 10.1 Å². The van der Waals surface area contributed by atoms with Crippen LogP contribution < -0.4 is 10.1 Å². The summed E-state index contributed by atoms with van der Waals surface area (Å²) in [7, 11) is 2.60. The van der Waals surface area contributed by atoms with Crippen LogP contribution in [-0.4, -0.2) is 29.7 Å². The van der Waals surface area contributed by atoms with Gasteiger partial charge in [-0.1, -0.05) is 6.92 Å².